The number of carbonyl (C=O) groups excluding carboxylic acids is 1. The van der Waals surface area contributed by atoms with E-state index in [2.05, 4.69) is 47.7 Å². The molecular formula is C23H25N3O2. The zero-order valence-corrected chi connectivity index (χ0v) is 16.5. The number of nitrogens with zero attached hydrogens (tertiary/aromatic N) is 1. The van der Waals surface area contributed by atoms with Crippen LogP contribution in [0.4, 0.5) is 17.1 Å². The minimum absolute atomic E-state index is 0.208. The predicted octanol–water partition coefficient (Wildman–Crippen LogP) is 5.35. The Morgan fingerprint density at radius 2 is 1.82 bits per heavy atom. The minimum atomic E-state index is -0.208. The molecule has 28 heavy (non-hydrogen) atoms. The van der Waals surface area contributed by atoms with E-state index < -0.39 is 0 Å². The number of pyridine rings is 1. The number of ether oxygens (including phenoxy) is 1. The standard InChI is InChI=1S/C23H25N3O2/c1-4-17-8-6-7-16(3)22(17)25-20-13-18(14-24-15-20)23(27)26-19-9-11-21(12-10-19)28-5-2/h6-15,25H,4-5H2,1-3H3,(H,26,27). The molecule has 2 aromatic carbocycles. The monoisotopic (exact) mass is 375 g/mol. The Bertz CT molecular complexity index is 952. The number of para-hydroxylation sites is 1. The highest BCUT2D eigenvalue weighted by Crippen LogP contribution is 2.25. The second kappa shape index (κ2) is 9.04. The van der Waals surface area contributed by atoms with Crippen molar-refractivity contribution in [3.05, 3.63) is 77.6 Å². The number of aryl methyl sites for hydroxylation is 2. The smallest absolute Gasteiger partial charge is 0.257 e. The number of benzene rings is 2. The van der Waals surface area contributed by atoms with Crippen LogP contribution in [0.15, 0.2) is 60.9 Å². The molecule has 0 atom stereocenters. The Morgan fingerprint density at radius 3 is 2.54 bits per heavy atom. The first-order valence-corrected chi connectivity index (χ1v) is 9.45. The van der Waals surface area contributed by atoms with Crippen LogP contribution in [0.1, 0.15) is 35.3 Å². The van der Waals surface area contributed by atoms with Crippen LogP contribution >= 0.6 is 0 Å². The molecule has 0 spiro atoms. The third kappa shape index (κ3) is 4.68. The van der Waals surface area contributed by atoms with Crippen molar-refractivity contribution in [2.75, 3.05) is 17.2 Å². The van der Waals surface area contributed by atoms with Crippen LogP contribution in [-0.2, 0) is 6.42 Å². The van der Waals surface area contributed by atoms with Crippen molar-refractivity contribution in [3.63, 3.8) is 0 Å². The van der Waals surface area contributed by atoms with Crippen molar-refractivity contribution in [1.82, 2.24) is 4.98 Å². The molecule has 0 bridgehead atoms. The van der Waals surface area contributed by atoms with Gasteiger partial charge in [0.1, 0.15) is 5.75 Å². The number of hydrogen-bond donors (Lipinski definition) is 2. The van der Waals surface area contributed by atoms with Gasteiger partial charge in [-0.05, 0) is 61.7 Å². The molecule has 0 fully saturated rings. The first kappa shape index (κ1) is 19.4. The highest BCUT2D eigenvalue weighted by atomic mass is 16.5. The van der Waals surface area contributed by atoms with Gasteiger partial charge in [-0.25, -0.2) is 0 Å². The van der Waals surface area contributed by atoms with Crippen molar-refractivity contribution in [3.8, 4) is 5.75 Å². The van der Waals surface area contributed by atoms with Gasteiger partial charge in [0.2, 0.25) is 0 Å². The fraction of sp³-hybridized carbons (Fsp3) is 0.217. The second-order valence-corrected chi connectivity index (χ2v) is 6.46. The Kier molecular flexibility index (Phi) is 6.27. The van der Waals surface area contributed by atoms with E-state index in [1.807, 2.05) is 37.3 Å². The zero-order chi connectivity index (χ0) is 19.9. The van der Waals surface area contributed by atoms with Crippen LogP contribution < -0.4 is 15.4 Å². The summed E-state index contributed by atoms with van der Waals surface area (Å²) in [7, 11) is 0. The summed E-state index contributed by atoms with van der Waals surface area (Å²) in [4.78, 5) is 16.8. The Balaban J connectivity index is 1.75. The molecule has 3 aromatic rings. The van der Waals surface area contributed by atoms with Crippen LogP contribution in [0.25, 0.3) is 0 Å². The Hall–Kier alpha value is -3.34. The predicted molar refractivity (Wildman–Crippen MR) is 114 cm³/mol. The van der Waals surface area contributed by atoms with Gasteiger partial charge < -0.3 is 15.4 Å². The average Bonchev–Trinajstić information content (AvgIpc) is 2.71. The van der Waals surface area contributed by atoms with Crippen LogP contribution in [0.5, 0.6) is 5.75 Å². The van der Waals surface area contributed by atoms with Crippen LogP contribution in [0.2, 0.25) is 0 Å². The van der Waals surface area contributed by atoms with Crippen molar-refractivity contribution >= 4 is 23.0 Å². The number of carbonyl (C=O) groups is 1. The molecule has 2 N–H and O–H groups in total. The highest BCUT2D eigenvalue weighted by Gasteiger charge is 2.10. The molecule has 0 radical (unpaired) electrons. The van der Waals surface area contributed by atoms with Gasteiger partial charge >= 0.3 is 0 Å². The third-order valence-corrected chi connectivity index (χ3v) is 4.43. The van der Waals surface area contributed by atoms with Crippen molar-refractivity contribution < 1.29 is 9.53 Å². The number of amides is 1. The summed E-state index contributed by atoms with van der Waals surface area (Å²) in [6.07, 6.45) is 4.21. The van der Waals surface area contributed by atoms with E-state index >= 15 is 0 Å². The lowest BCUT2D eigenvalue weighted by Gasteiger charge is -2.14. The molecule has 0 unspecified atom stereocenters. The SMILES string of the molecule is CCOc1ccc(NC(=O)c2cncc(Nc3c(C)cccc3CC)c2)cc1. The van der Waals surface area contributed by atoms with E-state index in [-0.39, 0.29) is 5.91 Å². The summed E-state index contributed by atoms with van der Waals surface area (Å²) < 4.78 is 5.42. The molecule has 3 rings (SSSR count). The molecule has 5 nitrogen and oxygen atoms in total. The van der Waals surface area contributed by atoms with E-state index in [9.17, 15) is 4.79 Å². The van der Waals surface area contributed by atoms with Gasteiger partial charge in [0, 0.05) is 17.6 Å². The van der Waals surface area contributed by atoms with Crippen LogP contribution in [0, 0.1) is 6.92 Å². The number of hydrogen-bond acceptors (Lipinski definition) is 4. The summed E-state index contributed by atoms with van der Waals surface area (Å²) in [5, 5.41) is 6.30. The molecule has 0 aliphatic heterocycles. The van der Waals surface area contributed by atoms with E-state index in [0.29, 0.717) is 17.9 Å². The summed E-state index contributed by atoms with van der Waals surface area (Å²) in [6, 6.07) is 15.3. The lowest BCUT2D eigenvalue weighted by Crippen LogP contribution is -2.12. The van der Waals surface area contributed by atoms with Gasteiger partial charge in [0.05, 0.1) is 24.1 Å². The van der Waals surface area contributed by atoms with Gasteiger partial charge in [-0.1, -0.05) is 25.1 Å². The summed E-state index contributed by atoms with van der Waals surface area (Å²) in [5.41, 5.74) is 5.43. The number of anilines is 3. The molecule has 1 amide bonds. The van der Waals surface area contributed by atoms with Crippen molar-refractivity contribution in [1.29, 1.82) is 0 Å². The fourth-order valence-corrected chi connectivity index (χ4v) is 2.98. The molecule has 5 heteroatoms. The Labute approximate surface area is 165 Å². The van der Waals surface area contributed by atoms with Crippen molar-refractivity contribution in [2.45, 2.75) is 27.2 Å². The average molecular weight is 375 g/mol. The number of nitrogens with one attached hydrogen (secondary N) is 2. The minimum Gasteiger partial charge on any atom is -0.494 e. The van der Waals surface area contributed by atoms with Crippen LogP contribution in [-0.4, -0.2) is 17.5 Å². The van der Waals surface area contributed by atoms with E-state index in [1.165, 1.54) is 5.56 Å². The third-order valence-electron chi connectivity index (χ3n) is 4.43. The molecule has 0 aliphatic rings. The lowest BCUT2D eigenvalue weighted by molar-refractivity contribution is 0.102. The normalized spacial score (nSPS) is 10.4. The summed E-state index contributed by atoms with van der Waals surface area (Å²) in [6.45, 7) is 6.73. The molecule has 0 saturated carbocycles. The van der Waals surface area contributed by atoms with Crippen molar-refractivity contribution in [2.24, 2.45) is 0 Å². The second-order valence-electron chi connectivity index (χ2n) is 6.46. The van der Waals surface area contributed by atoms with E-state index in [1.54, 1.807) is 12.4 Å². The largest absolute Gasteiger partial charge is 0.494 e. The zero-order valence-electron chi connectivity index (χ0n) is 16.5. The van der Waals surface area contributed by atoms with E-state index in [0.717, 1.165) is 29.1 Å². The fourth-order valence-electron chi connectivity index (χ4n) is 2.98. The van der Waals surface area contributed by atoms with E-state index in [4.69, 9.17) is 4.74 Å². The molecule has 0 saturated heterocycles. The number of rotatable bonds is 7. The molecular weight excluding hydrogens is 350 g/mol. The maximum Gasteiger partial charge on any atom is 0.257 e. The highest BCUT2D eigenvalue weighted by molar-refractivity contribution is 6.04. The summed E-state index contributed by atoms with van der Waals surface area (Å²) >= 11 is 0. The van der Waals surface area contributed by atoms with Crippen LogP contribution in [0.3, 0.4) is 0 Å². The van der Waals surface area contributed by atoms with Gasteiger partial charge in [-0.15, -0.1) is 0 Å². The first-order valence-electron chi connectivity index (χ1n) is 9.45. The Morgan fingerprint density at radius 1 is 1.04 bits per heavy atom. The topological polar surface area (TPSA) is 63.2 Å². The van der Waals surface area contributed by atoms with Gasteiger partial charge in [-0.3, -0.25) is 9.78 Å². The summed E-state index contributed by atoms with van der Waals surface area (Å²) in [5.74, 6) is 0.569. The van der Waals surface area contributed by atoms with Gasteiger partial charge in [0.15, 0.2) is 0 Å². The maximum absolute atomic E-state index is 12.6. The van der Waals surface area contributed by atoms with Gasteiger partial charge in [-0.2, -0.15) is 0 Å². The lowest BCUT2D eigenvalue weighted by atomic mass is 10.1. The molecule has 144 valence electrons. The first-order chi connectivity index (χ1) is 13.6. The molecule has 0 aliphatic carbocycles. The maximum atomic E-state index is 12.6. The quantitative estimate of drug-likeness (QED) is 0.584. The molecule has 1 aromatic heterocycles. The number of aromatic nitrogens is 1. The van der Waals surface area contributed by atoms with Gasteiger partial charge in [0.25, 0.3) is 5.91 Å². The molecule has 1 heterocycles.